The molecule has 1 aliphatic rings. The van der Waals surface area contributed by atoms with Crippen molar-refractivity contribution in [2.24, 2.45) is 5.92 Å². The van der Waals surface area contributed by atoms with E-state index in [2.05, 4.69) is 17.1 Å². The molecule has 1 aromatic heterocycles. The largest absolute Gasteiger partial charge is 0.497 e. The van der Waals surface area contributed by atoms with E-state index in [1.807, 2.05) is 43.3 Å². The van der Waals surface area contributed by atoms with Crippen LogP contribution in [-0.4, -0.2) is 26.1 Å². The minimum absolute atomic E-state index is 0.129. The lowest BCUT2D eigenvalue weighted by atomic mass is 10.0. The molecule has 1 N–H and O–H groups in total. The third kappa shape index (κ3) is 4.58. The van der Waals surface area contributed by atoms with Gasteiger partial charge in [0.2, 0.25) is 5.91 Å². The lowest BCUT2D eigenvalue weighted by molar-refractivity contribution is -0.116. The molecule has 6 heteroatoms. The average Bonchev–Trinajstić information content (AvgIpc) is 3.20. The molecule has 1 aliphatic heterocycles. The van der Waals surface area contributed by atoms with Crippen molar-refractivity contribution in [3.05, 3.63) is 64.0 Å². The molecule has 1 saturated heterocycles. The van der Waals surface area contributed by atoms with Crippen molar-refractivity contribution >= 4 is 28.3 Å². The van der Waals surface area contributed by atoms with Crippen molar-refractivity contribution in [2.75, 3.05) is 30.4 Å². The van der Waals surface area contributed by atoms with E-state index in [9.17, 15) is 9.59 Å². The average molecular weight is 421 g/mol. The fourth-order valence-electron chi connectivity index (χ4n) is 4.18. The van der Waals surface area contributed by atoms with Crippen molar-refractivity contribution < 1.29 is 13.9 Å². The zero-order valence-corrected chi connectivity index (χ0v) is 18.2. The summed E-state index contributed by atoms with van der Waals surface area (Å²) in [4.78, 5) is 27.3. The quantitative estimate of drug-likeness (QED) is 0.594. The molecule has 6 nitrogen and oxygen atoms in total. The zero-order chi connectivity index (χ0) is 22.0. The van der Waals surface area contributed by atoms with E-state index in [1.54, 1.807) is 13.2 Å². The molecule has 4 rings (SSSR count). The number of benzene rings is 2. The lowest BCUT2D eigenvalue weighted by Gasteiger charge is -2.18. The number of nitrogens with one attached hydrogen (secondary N) is 1. The number of amides is 1. The number of ether oxygens (including phenoxy) is 1. The van der Waals surface area contributed by atoms with Gasteiger partial charge in [-0.1, -0.05) is 6.92 Å². The predicted octanol–water partition coefficient (Wildman–Crippen LogP) is 4.53. The minimum Gasteiger partial charge on any atom is -0.497 e. The van der Waals surface area contributed by atoms with Crippen molar-refractivity contribution in [1.82, 2.24) is 0 Å². The Bertz CT molecular complexity index is 1150. The van der Waals surface area contributed by atoms with Gasteiger partial charge < -0.3 is 19.4 Å². The predicted molar refractivity (Wildman–Crippen MR) is 123 cm³/mol. The van der Waals surface area contributed by atoms with Crippen LogP contribution >= 0.6 is 0 Å². The monoisotopic (exact) mass is 420 g/mol. The second kappa shape index (κ2) is 8.84. The maximum Gasteiger partial charge on any atom is 0.339 e. The van der Waals surface area contributed by atoms with Gasteiger partial charge in [0.15, 0.2) is 0 Å². The third-order valence-corrected chi connectivity index (χ3v) is 6.04. The van der Waals surface area contributed by atoms with Crippen LogP contribution in [0.5, 0.6) is 5.75 Å². The third-order valence-electron chi connectivity index (χ3n) is 6.04. The van der Waals surface area contributed by atoms with Crippen LogP contribution in [0.25, 0.3) is 11.0 Å². The Morgan fingerprint density at radius 2 is 2.00 bits per heavy atom. The maximum atomic E-state index is 12.5. The number of hydrogen-bond donors (Lipinski definition) is 1. The molecule has 31 heavy (non-hydrogen) atoms. The van der Waals surface area contributed by atoms with E-state index < -0.39 is 5.63 Å². The van der Waals surface area contributed by atoms with Gasteiger partial charge in [-0.3, -0.25) is 4.79 Å². The Labute approximate surface area is 181 Å². The summed E-state index contributed by atoms with van der Waals surface area (Å²) in [5.74, 6) is 1.22. The number of rotatable bonds is 6. The normalized spacial score (nSPS) is 16.0. The Balaban J connectivity index is 1.40. The second-order valence-corrected chi connectivity index (χ2v) is 8.29. The van der Waals surface area contributed by atoms with Crippen molar-refractivity contribution in [1.29, 1.82) is 0 Å². The molecular formula is C25H28N2O4. The second-order valence-electron chi connectivity index (χ2n) is 8.29. The van der Waals surface area contributed by atoms with Crippen LogP contribution in [-0.2, 0) is 11.2 Å². The molecule has 1 atom stereocenters. The van der Waals surface area contributed by atoms with Gasteiger partial charge in [-0.15, -0.1) is 0 Å². The van der Waals surface area contributed by atoms with Gasteiger partial charge in [-0.05, 0) is 67.6 Å². The topological polar surface area (TPSA) is 71.8 Å². The fourth-order valence-corrected chi connectivity index (χ4v) is 4.18. The standard InChI is InChI=1S/C25H28N2O4/c1-16-12-13-27(15-16)19-6-4-18(5-7-19)26-24(28)11-10-22-17(2)21-9-8-20(30-3)14-23(21)31-25(22)29/h4-9,14,16H,10-13,15H2,1-3H3,(H,26,28). The molecule has 2 heterocycles. The van der Waals surface area contributed by atoms with Crippen molar-refractivity contribution in [3.63, 3.8) is 0 Å². The van der Waals surface area contributed by atoms with Crippen LogP contribution in [0.2, 0.25) is 0 Å². The summed E-state index contributed by atoms with van der Waals surface area (Å²) in [5, 5.41) is 3.77. The van der Waals surface area contributed by atoms with E-state index in [0.717, 1.165) is 35.6 Å². The molecule has 1 amide bonds. The number of anilines is 2. The Morgan fingerprint density at radius 3 is 2.68 bits per heavy atom. The highest BCUT2D eigenvalue weighted by Crippen LogP contribution is 2.26. The molecule has 0 aliphatic carbocycles. The van der Waals surface area contributed by atoms with Gasteiger partial charge in [0, 0.05) is 47.9 Å². The number of carbonyl (C=O) groups is 1. The molecule has 1 fully saturated rings. The summed E-state index contributed by atoms with van der Waals surface area (Å²) in [5.41, 5.74) is 3.40. The Morgan fingerprint density at radius 1 is 1.23 bits per heavy atom. The number of nitrogens with zero attached hydrogens (tertiary/aromatic N) is 1. The molecule has 1 unspecified atom stereocenters. The van der Waals surface area contributed by atoms with Gasteiger partial charge in [0.25, 0.3) is 0 Å². The van der Waals surface area contributed by atoms with Gasteiger partial charge in [-0.2, -0.15) is 0 Å². The minimum atomic E-state index is -0.407. The van der Waals surface area contributed by atoms with Gasteiger partial charge in [0.05, 0.1) is 7.11 Å². The molecule has 162 valence electrons. The zero-order valence-electron chi connectivity index (χ0n) is 18.2. The molecule has 3 aromatic rings. The fraction of sp³-hybridized carbons (Fsp3) is 0.360. The summed E-state index contributed by atoms with van der Waals surface area (Å²) in [6, 6.07) is 13.4. The molecule has 0 saturated carbocycles. The SMILES string of the molecule is COc1ccc2c(C)c(CCC(=O)Nc3ccc(N4CCC(C)C4)cc3)c(=O)oc2c1. The number of carbonyl (C=O) groups excluding carboxylic acids is 1. The van der Waals surface area contributed by atoms with Crippen molar-refractivity contribution in [2.45, 2.75) is 33.1 Å². The number of aryl methyl sites for hydroxylation is 1. The molecule has 0 bridgehead atoms. The first-order chi connectivity index (χ1) is 14.9. The van der Waals surface area contributed by atoms with E-state index in [1.165, 1.54) is 12.1 Å². The number of methoxy groups -OCH3 is 1. The van der Waals surface area contributed by atoms with E-state index in [-0.39, 0.29) is 12.3 Å². The summed E-state index contributed by atoms with van der Waals surface area (Å²) in [7, 11) is 1.57. The van der Waals surface area contributed by atoms with E-state index >= 15 is 0 Å². The molecular weight excluding hydrogens is 392 g/mol. The first kappa shape index (κ1) is 21.0. The number of hydrogen-bond acceptors (Lipinski definition) is 5. The first-order valence-corrected chi connectivity index (χ1v) is 10.7. The summed E-state index contributed by atoms with van der Waals surface area (Å²) >= 11 is 0. The van der Waals surface area contributed by atoms with Crippen LogP contribution in [0.4, 0.5) is 11.4 Å². The van der Waals surface area contributed by atoms with Crippen LogP contribution in [0.15, 0.2) is 51.7 Å². The number of fused-ring (bicyclic) bond motifs is 1. The van der Waals surface area contributed by atoms with Crippen LogP contribution in [0.3, 0.4) is 0 Å². The maximum absolute atomic E-state index is 12.5. The lowest BCUT2D eigenvalue weighted by Crippen LogP contribution is -2.19. The highest BCUT2D eigenvalue weighted by atomic mass is 16.5. The van der Waals surface area contributed by atoms with Crippen LogP contribution in [0.1, 0.15) is 30.9 Å². The Hall–Kier alpha value is -3.28. The van der Waals surface area contributed by atoms with Gasteiger partial charge >= 0.3 is 5.63 Å². The van der Waals surface area contributed by atoms with Crippen LogP contribution in [0, 0.1) is 12.8 Å². The highest BCUT2D eigenvalue weighted by molar-refractivity contribution is 5.91. The van der Waals surface area contributed by atoms with Crippen LogP contribution < -0.4 is 20.6 Å². The smallest absolute Gasteiger partial charge is 0.339 e. The van der Waals surface area contributed by atoms with Gasteiger partial charge in [-0.25, -0.2) is 4.79 Å². The van der Waals surface area contributed by atoms with E-state index in [4.69, 9.17) is 9.15 Å². The summed E-state index contributed by atoms with van der Waals surface area (Å²) < 4.78 is 10.7. The Kier molecular flexibility index (Phi) is 5.98. The van der Waals surface area contributed by atoms with Crippen molar-refractivity contribution in [3.8, 4) is 5.75 Å². The molecule has 0 radical (unpaired) electrons. The van der Waals surface area contributed by atoms with Gasteiger partial charge in [0.1, 0.15) is 11.3 Å². The van der Waals surface area contributed by atoms with E-state index in [0.29, 0.717) is 23.3 Å². The highest BCUT2D eigenvalue weighted by Gasteiger charge is 2.19. The first-order valence-electron chi connectivity index (χ1n) is 10.7. The summed E-state index contributed by atoms with van der Waals surface area (Å²) in [6.45, 7) is 6.31. The molecule has 0 spiro atoms. The molecule has 2 aromatic carbocycles. The summed E-state index contributed by atoms with van der Waals surface area (Å²) in [6.07, 6.45) is 1.75.